The lowest BCUT2D eigenvalue weighted by atomic mass is 9.95. The number of aliphatic carboxylic acids is 1. The molecule has 0 bridgehead atoms. The number of hydrogen-bond acceptors (Lipinski definition) is 6. The number of carbonyl (C=O) groups is 3. The molecule has 0 aliphatic carbocycles. The third kappa shape index (κ3) is 4.89. The summed E-state index contributed by atoms with van der Waals surface area (Å²) in [6.07, 6.45) is 2.62. The summed E-state index contributed by atoms with van der Waals surface area (Å²) in [6, 6.07) is 13.3. The lowest BCUT2D eigenvalue weighted by molar-refractivity contribution is -0.384. The maximum Gasteiger partial charge on any atom is 0.303 e. The fourth-order valence-corrected chi connectivity index (χ4v) is 3.52. The number of amides is 1. The molecule has 3 rings (SSSR count). The highest BCUT2D eigenvalue weighted by Gasteiger charge is 2.43. The highest BCUT2D eigenvalue weighted by Crippen LogP contribution is 2.39. The number of non-ortho nitro benzene ring substituents is 1. The normalized spacial score (nSPS) is 16.1. The van der Waals surface area contributed by atoms with E-state index in [9.17, 15) is 29.6 Å². The van der Waals surface area contributed by atoms with Crippen LogP contribution >= 0.6 is 0 Å². The summed E-state index contributed by atoms with van der Waals surface area (Å²) in [6.45, 7) is -0.0538. The predicted molar refractivity (Wildman–Crippen MR) is 115 cm³/mol. The zero-order valence-corrected chi connectivity index (χ0v) is 16.9. The van der Waals surface area contributed by atoms with E-state index in [1.165, 1.54) is 41.3 Å². The summed E-state index contributed by atoms with van der Waals surface area (Å²) < 4.78 is 0. The average Bonchev–Trinajstić information content (AvgIpc) is 3.03. The molecule has 0 fully saturated rings. The summed E-state index contributed by atoms with van der Waals surface area (Å²) >= 11 is 0. The molecule has 9 nitrogen and oxygen atoms in total. The van der Waals surface area contributed by atoms with Crippen molar-refractivity contribution in [3.63, 3.8) is 0 Å². The Labute approximate surface area is 183 Å². The standard InChI is InChI=1S/C23H20N2O7/c26-18(12-11-15-6-2-1-3-7-15)20-21(16-8-4-9-17(14-16)25(31)32)24(23(30)22(20)29)13-5-10-19(27)28/h1-4,6-9,11-12,14,21,29H,5,10,13H2,(H,27,28). The second-order valence-electron chi connectivity index (χ2n) is 7.12. The van der Waals surface area contributed by atoms with Gasteiger partial charge in [-0.15, -0.1) is 0 Å². The molecule has 1 amide bonds. The maximum atomic E-state index is 13.0. The topological polar surface area (TPSA) is 138 Å². The van der Waals surface area contributed by atoms with E-state index in [0.717, 1.165) is 5.56 Å². The van der Waals surface area contributed by atoms with Gasteiger partial charge in [0.2, 0.25) is 0 Å². The van der Waals surface area contributed by atoms with E-state index >= 15 is 0 Å². The summed E-state index contributed by atoms with van der Waals surface area (Å²) in [7, 11) is 0. The van der Waals surface area contributed by atoms with Gasteiger partial charge < -0.3 is 15.1 Å². The minimum atomic E-state index is -1.08. The van der Waals surface area contributed by atoms with Crippen LogP contribution in [0.1, 0.15) is 30.0 Å². The second kappa shape index (κ2) is 9.69. The Balaban J connectivity index is 2.00. The number of hydrogen-bond donors (Lipinski definition) is 2. The first-order chi connectivity index (χ1) is 15.3. The Morgan fingerprint density at radius 3 is 2.50 bits per heavy atom. The molecule has 0 radical (unpaired) electrons. The minimum Gasteiger partial charge on any atom is -0.503 e. The number of benzene rings is 2. The van der Waals surface area contributed by atoms with Crippen molar-refractivity contribution in [2.75, 3.05) is 6.54 Å². The Hall–Kier alpha value is -4.27. The smallest absolute Gasteiger partial charge is 0.303 e. The first kappa shape index (κ1) is 22.4. The molecule has 0 spiro atoms. The molecule has 164 valence electrons. The van der Waals surface area contributed by atoms with Crippen LogP contribution in [0.15, 0.2) is 72.0 Å². The highest BCUT2D eigenvalue weighted by molar-refractivity contribution is 6.14. The largest absolute Gasteiger partial charge is 0.503 e. The van der Waals surface area contributed by atoms with E-state index in [4.69, 9.17) is 5.11 Å². The number of nitrogens with zero attached hydrogens (tertiary/aromatic N) is 2. The molecule has 0 saturated carbocycles. The molecule has 1 atom stereocenters. The van der Waals surface area contributed by atoms with Crippen molar-refractivity contribution in [1.29, 1.82) is 0 Å². The van der Waals surface area contributed by atoms with Crippen LogP contribution in [-0.2, 0) is 14.4 Å². The number of aliphatic hydroxyl groups is 1. The molecule has 2 aromatic carbocycles. The molecular formula is C23H20N2O7. The van der Waals surface area contributed by atoms with Crippen molar-refractivity contribution in [2.24, 2.45) is 0 Å². The molecule has 32 heavy (non-hydrogen) atoms. The molecule has 0 aromatic heterocycles. The van der Waals surface area contributed by atoms with Gasteiger partial charge in [0.1, 0.15) is 0 Å². The summed E-state index contributed by atoms with van der Waals surface area (Å²) in [5.41, 5.74) is 0.551. The van der Waals surface area contributed by atoms with Gasteiger partial charge in [0.15, 0.2) is 11.5 Å². The van der Waals surface area contributed by atoms with E-state index in [-0.39, 0.29) is 36.2 Å². The number of allylic oxidation sites excluding steroid dienone is 1. The summed E-state index contributed by atoms with van der Waals surface area (Å²) in [5.74, 6) is -3.26. The van der Waals surface area contributed by atoms with Crippen LogP contribution < -0.4 is 0 Å². The van der Waals surface area contributed by atoms with Crippen LogP contribution in [0.25, 0.3) is 6.08 Å². The highest BCUT2D eigenvalue weighted by atomic mass is 16.6. The van der Waals surface area contributed by atoms with Crippen molar-refractivity contribution in [3.05, 3.63) is 93.2 Å². The maximum absolute atomic E-state index is 13.0. The van der Waals surface area contributed by atoms with Crippen LogP contribution in [-0.4, -0.2) is 44.2 Å². The quantitative estimate of drug-likeness (QED) is 0.349. The third-order valence-electron chi connectivity index (χ3n) is 4.98. The average molecular weight is 436 g/mol. The van der Waals surface area contributed by atoms with Crippen molar-refractivity contribution in [2.45, 2.75) is 18.9 Å². The van der Waals surface area contributed by atoms with E-state index in [1.54, 1.807) is 24.3 Å². The Morgan fingerprint density at radius 1 is 1.12 bits per heavy atom. The van der Waals surface area contributed by atoms with Gasteiger partial charge in [0.25, 0.3) is 11.6 Å². The lowest BCUT2D eigenvalue weighted by Crippen LogP contribution is -2.32. The molecule has 2 aromatic rings. The fourth-order valence-electron chi connectivity index (χ4n) is 3.52. The van der Waals surface area contributed by atoms with Crippen molar-refractivity contribution in [1.82, 2.24) is 4.90 Å². The van der Waals surface area contributed by atoms with E-state index in [2.05, 4.69) is 0 Å². The minimum absolute atomic E-state index is 0.0538. The number of rotatable bonds is 9. The predicted octanol–water partition coefficient (Wildman–Crippen LogP) is 3.44. The molecule has 1 heterocycles. The van der Waals surface area contributed by atoms with Crippen LogP contribution in [0.2, 0.25) is 0 Å². The SMILES string of the molecule is O=C(O)CCCN1C(=O)C(O)=C(C(=O)C=Cc2ccccc2)C1c1cccc([N+](=O)[O-])c1. The third-order valence-corrected chi connectivity index (χ3v) is 4.98. The van der Waals surface area contributed by atoms with Crippen LogP contribution in [0.3, 0.4) is 0 Å². The molecule has 0 saturated heterocycles. The van der Waals surface area contributed by atoms with Crippen LogP contribution in [0.4, 0.5) is 5.69 Å². The number of nitro groups is 1. The first-order valence-corrected chi connectivity index (χ1v) is 9.77. The Kier molecular flexibility index (Phi) is 6.79. The molecule has 1 aliphatic heterocycles. The number of aliphatic hydroxyl groups excluding tert-OH is 1. The van der Waals surface area contributed by atoms with Crippen molar-refractivity contribution >= 4 is 29.4 Å². The number of carboxylic acid groups (broad SMARTS) is 1. The van der Waals surface area contributed by atoms with Crippen LogP contribution in [0.5, 0.6) is 0 Å². The Morgan fingerprint density at radius 2 is 1.84 bits per heavy atom. The summed E-state index contributed by atoms with van der Waals surface area (Å²) in [5, 5.41) is 30.6. The van der Waals surface area contributed by atoms with E-state index in [0.29, 0.717) is 0 Å². The van der Waals surface area contributed by atoms with Crippen molar-refractivity contribution < 1.29 is 29.5 Å². The zero-order valence-electron chi connectivity index (χ0n) is 16.9. The van der Waals surface area contributed by atoms with E-state index in [1.807, 2.05) is 6.07 Å². The zero-order chi connectivity index (χ0) is 23.3. The number of ketones is 1. The van der Waals surface area contributed by atoms with Gasteiger partial charge in [0.05, 0.1) is 16.5 Å². The van der Waals surface area contributed by atoms with Crippen molar-refractivity contribution in [3.8, 4) is 0 Å². The molecular weight excluding hydrogens is 416 g/mol. The summed E-state index contributed by atoms with van der Waals surface area (Å²) in [4.78, 5) is 48.4. The number of carbonyl (C=O) groups excluding carboxylic acids is 2. The van der Waals surface area contributed by atoms with Gasteiger partial charge in [-0.25, -0.2) is 0 Å². The van der Waals surface area contributed by atoms with E-state index < -0.39 is 34.4 Å². The van der Waals surface area contributed by atoms with Crippen LogP contribution in [0, 0.1) is 10.1 Å². The Bertz CT molecular complexity index is 1120. The van der Waals surface area contributed by atoms with Gasteiger partial charge in [-0.1, -0.05) is 48.5 Å². The monoisotopic (exact) mass is 436 g/mol. The van der Waals surface area contributed by atoms with Gasteiger partial charge >= 0.3 is 5.97 Å². The second-order valence-corrected chi connectivity index (χ2v) is 7.12. The molecule has 1 aliphatic rings. The molecule has 9 heteroatoms. The molecule has 2 N–H and O–H groups in total. The first-order valence-electron chi connectivity index (χ1n) is 9.77. The van der Waals surface area contributed by atoms with Gasteiger partial charge in [-0.2, -0.15) is 0 Å². The number of carboxylic acids is 1. The number of nitro benzene ring substituents is 1. The lowest BCUT2D eigenvalue weighted by Gasteiger charge is -2.26. The molecule has 1 unspecified atom stereocenters. The van der Waals surface area contributed by atoms with Gasteiger partial charge in [-0.05, 0) is 23.6 Å². The fraction of sp³-hybridized carbons (Fsp3) is 0.174. The van der Waals surface area contributed by atoms with Gasteiger partial charge in [-0.3, -0.25) is 24.5 Å². The van der Waals surface area contributed by atoms with Gasteiger partial charge in [0, 0.05) is 25.1 Å².